The van der Waals surface area contributed by atoms with Crippen LogP contribution in [0, 0.1) is 11.7 Å². The summed E-state index contributed by atoms with van der Waals surface area (Å²) in [5.41, 5.74) is 0.927. The normalized spacial score (nSPS) is 16.3. The number of piperidine rings is 1. The van der Waals surface area contributed by atoms with Gasteiger partial charge >= 0.3 is 0 Å². The molecule has 1 aliphatic rings. The van der Waals surface area contributed by atoms with Crippen molar-refractivity contribution in [2.45, 2.75) is 32.2 Å². The molecule has 1 saturated heterocycles. The lowest BCUT2D eigenvalue weighted by Crippen LogP contribution is -2.29. The summed E-state index contributed by atoms with van der Waals surface area (Å²) < 4.78 is 12.7. The second-order valence-corrected chi connectivity index (χ2v) is 5.14. The largest absolute Gasteiger partial charge is 0.352 e. The molecule has 0 saturated carbocycles. The Hall–Kier alpha value is -1.42. The minimum absolute atomic E-state index is 0.0860. The highest BCUT2D eigenvalue weighted by atomic mass is 19.1. The molecule has 1 fully saturated rings. The van der Waals surface area contributed by atoms with Gasteiger partial charge in [0.15, 0.2) is 0 Å². The highest BCUT2D eigenvalue weighted by molar-refractivity contribution is 5.75. The molecule has 2 N–H and O–H groups in total. The molecule has 0 bridgehead atoms. The third-order valence-electron chi connectivity index (χ3n) is 3.64. The molecule has 1 amide bonds. The van der Waals surface area contributed by atoms with Gasteiger partial charge in [0, 0.05) is 13.0 Å². The van der Waals surface area contributed by atoms with E-state index in [4.69, 9.17) is 0 Å². The predicted octanol–water partition coefficient (Wildman–Crippen LogP) is 2.22. The van der Waals surface area contributed by atoms with Crippen LogP contribution < -0.4 is 10.6 Å². The van der Waals surface area contributed by atoms with Gasteiger partial charge in [-0.1, -0.05) is 12.1 Å². The van der Waals surface area contributed by atoms with Crippen molar-refractivity contribution in [2.75, 3.05) is 13.1 Å². The molecule has 1 aromatic carbocycles. The van der Waals surface area contributed by atoms with E-state index in [0.29, 0.717) is 18.9 Å². The molecular weight excluding hydrogens is 243 g/mol. The topological polar surface area (TPSA) is 41.1 Å². The monoisotopic (exact) mass is 264 g/mol. The molecule has 0 radical (unpaired) electrons. The van der Waals surface area contributed by atoms with Gasteiger partial charge in [-0.25, -0.2) is 4.39 Å². The number of carbonyl (C=O) groups excluding carboxylic acids is 1. The van der Waals surface area contributed by atoms with Crippen LogP contribution in [-0.4, -0.2) is 19.0 Å². The minimum Gasteiger partial charge on any atom is -0.352 e. The van der Waals surface area contributed by atoms with E-state index in [1.165, 1.54) is 25.0 Å². The molecule has 1 aliphatic heterocycles. The molecule has 0 unspecified atom stereocenters. The molecular formula is C15H21FN2O. The summed E-state index contributed by atoms with van der Waals surface area (Å²) in [7, 11) is 0. The van der Waals surface area contributed by atoms with E-state index in [-0.39, 0.29) is 11.7 Å². The van der Waals surface area contributed by atoms with E-state index in [2.05, 4.69) is 10.6 Å². The third-order valence-corrected chi connectivity index (χ3v) is 3.64. The number of nitrogens with one attached hydrogen (secondary N) is 2. The van der Waals surface area contributed by atoms with Crippen molar-refractivity contribution in [1.29, 1.82) is 0 Å². The van der Waals surface area contributed by atoms with Crippen LogP contribution in [0.2, 0.25) is 0 Å². The van der Waals surface area contributed by atoms with Gasteiger partial charge in [-0.15, -0.1) is 0 Å². The van der Waals surface area contributed by atoms with Crippen LogP contribution in [0.15, 0.2) is 24.3 Å². The molecule has 0 spiro atoms. The molecule has 1 aromatic rings. The highest BCUT2D eigenvalue weighted by Crippen LogP contribution is 2.17. The van der Waals surface area contributed by atoms with Crippen LogP contribution in [-0.2, 0) is 11.3 Å². The maximum atomic E-state index is 12.7. The lowest BCUT2D eigenvalue weighted by molar-refractivity contribution is -0.121. The van der Waals surface area contributed by atoms with Gasteiger partial charge in [0.05, 0.1) is 0 Å². The number of hydrogen-bond donors (Lipinski definition) is 2. The molecule has 0 aliphatic carbocycles. The van der Waals surface area contributed by atoms with E-state index in [1.54, 1.807) is 12.1 Å². The molecule has 104 valence electrons. The quantitative estimate of drug-likeness (QED) is 0.856. The fourth-order valence-corrected chi connectivity index (χ4v) is 2.40. The zero-order chi connectivity index (χ0) is 13.5. The first-order chi connectivity index (χ1) is 9.24. The van der Waals surface area contributed by atoms with E-state index < -0.39 is 0 Å². The molecule has 4 heteroatoms. The molecule has 3 nitrogen and oxygen atoms in total. The number of rotatable bonds is 5. The second-order valence-electron chi connectivity index (χ2n) is 5.14. The molecule has 19 heavy (non-hydrogen) atoms. The standard InChI is InChI=1S/C15H21FN2O/c16-14-4-1-13(2-5-14)11-18-15(19)6-3-12-7-9-17-10-8-12/h1-2,4-5,12,17H,3,6-11H2,(H,18,19). The van der Waals surface area contributed by atoms with Crippen molar-refractivity contribution in [3.05, 3.63) is 35.6 Å². The summed E-state index contributed by atoms with van der Waals surface area (Å²) in [6.45, 7) is 2.62. The van der Waals surface area contributed by atoms with Gasteiger partial charge in [0.2, 0.25) is 5.91 Å². The Bertz CT molecular complexity index is 399. The van der Waals surface area contributed by atoms with Crippen molar-refractivity contribution in [3.63, 3.8) is 0 Å². The maximum Gasteiger partial charge on any atom is 0.220 e. The van der Waals surface area contributed by atoms with Crippen molar-refractivity contribution in [1.82, 2.24) is 10.6 Å². The smallest absolute Gasteiger partial charge is 0.220 e. The SMILES string of the molecule is O=C(CCC1CCNCC1)NCc1ccc(F)cc1. The van der Waals surface area contributed by atoms with Crippen molar-refractivity contribution in [2.24, 2.45) is 5.92 Å². The Kier molecular flexibility index (Phi) is 5.33. The second kappa shape index (κ2) is 7.24. The van der Waals surface area contributed by atoms with Crippen LogP contribution in [0.25, 0.3) is 0 Å². The van der Waals surface area contributed by atoms with Crippen LogP contribution >= 0.6 is 0 Å². The Balaban J connectivity index is 1.65. The van der Waals surface area contributed by atoms with E-state index in [9.17, 15) is 9.18 Å². The van der Waals surface area contributed by atoms with E-state index in [1.807, 2.05) is 0 Å². The average Bonchev–Trinajstić information content (AvgIpc) is 2.45. The molecule has 0 aromatic heterocycles. The van der Waals surface area contributed by atoms with Gasteiger partial charge in [-0.3, -0.25) is 4.79 Å². The summed E-state index contributed by atoms with van der Waals surface area (Å²) in [6, 6.07) is 6.22. The number of benzene rings is 1. The zero-order valence-electron chi connectivity index (χ0n) is 11.1. The van der Waals surface area contributed by atoms with Crippen LogP contribution in [0.1, 0.15) is 31.2 Å². The van der Waals surface area contributed by atoms with Crippen LogP contribution in [0.5, 0.6) is 0 Å². The van der Waals surface area contributed by atoms with Gasteiger partial charge in [-0.05, 0) is 56.0 Å². The van der Waals surface area contributed by atoms with Crippen molar-refractivity contribution in [3.8, 4) is 0 Å². The number of carbonyl (C=O) groups is 1. The Labute approximate surface area is 113 Å². The van der Waals surface area contributed by atoms with E-state index in [0.717, 1.165) is 25.1 Å². The van der Waals surface area contributed by atoms with Gasteiger partial charge in [0.25, 0.3) is 0 Å². The van der Waals surface area contributed by atoms with Gasteiger partial charge < -0.3 is 10.6 Å². The fraction of sp³-hybridized carbons (Fsp3) is 0.533. The Morgan fingerprint density at radius 3 is 2.63 bits per heavy atom. The summed E-state index contributed by atoms with van der Waals surface area (Å²) in [6.07, 6.45) is 3.90. The Morgan fingerprint density at radius 2 is 1.95 bits per heavy atom. The lowest BCUT2D eigenvalue weighted by Gasteiger charge is -2.22. The minimum atomic E-state index is -0.249. The average molecular weight is 264 g/mol. The van der Waals surface area contributed by atoms with Crippen molar-refractivity contribution >= 4 is 5.91 Å². The molecule has 1 heterocycles. The number of hydrogen-bond acceptors (Lipinski definition) is 2. The van der Waals surface area contributed by atoms with Gasteiger partial charge in [0.1, 0.15) is 5.82 Å². The third kappa shape index (κ3) is 4.99. The predicted molar refractivity (Wildman–Crippen MR) is 73.1 cm³/mol. The number of amides is 1. The summed E-state index contributed by atoms with van der Waals surface area (Å²) in [4.78, 5) is 11.7. The summed E-state index contributed by atoms with van der Waals surface area (Å²) in [5, 5.41) is 6.20. The first kappa shape index (κ1) is 14.0. The maximum absolute atomic E-state index is 12.7. The van der Waals surface area contributed by atoms with Crippen molar-refractivity contribution < 1.29 is 9.18 Å². The molecule has 2 rings (SSSR count). The first-order valence-electron chi connectivity index (χ1n) is 6.96. The zero-order valence-corrected chi connectivity index (χ0v) is 11.1. The molecule has 0 atom stereocenters. The van der Waals surface area contributed by atoms with Crippen LogP contribution in [0.3, 0.4) is 0 Å². The lowest BCUT2D eigenvalue weighted by atomic mass is 9.93. The van der Waals surface area contributed by atoms with E-state index >= 15 is 0 Å². The fourth-order valence-electron chi connectivity index (χ4n) is 2.40. The summed E-state index contributed by atoms with van der Waals surface area (Å²) >= 11 is 0. The Morgan fingerprint density at radius 1 is 1.26 bits per heavy atom. The summed E-state index contributed by atoms with van der Waals surface area (Å²) in [5.74, 6) is 0.515. The number of halogens is 1. The van der Waals surface area contributed by atoms with Gasteiger partial charge in [-0.2, -0.15) is 0 Å². The highest BCUT2D eigenvalue weighted by Gasteiger charge is 2.14. The van der Waals surface area contributed by atoms with Crippen LogP contribution in [0.4, 0.5) is 4.39 Å². The first-order valence-corrected chi connectivity index (χ1v) is 6.96.